The second-order valence-electron chi connectivity index (χ2n) is 4.20. The average molecular weight is 275 g/mol. The highest BCUT2D eigenvalue weighted by Gasteiger charge is 2.05. The first-order valence-electron chi connectivity index (χ1n) is 6.27. The average Bonchev–Trinajstić information content (AvgIpc) is 2.44. The SMILES string of the molecule is O=C(CSCCCO)Nc1cccc2ccccc12. The molecule has 0 bridgehead atoms. The maximum absolute atomic E-state index is 11.8. The van der Waals surface area contributed by atoms with E-state index >= 15 is 0 Å². The van der Waals surface area contributed by atoms with Crippen LogP contribution in [0.25, 0.3) is 10.8 Å². The molecule has 0 aliphatic rings. The van der Waals surface area contributed by atoms with Gasteiger partial charge in [-0.2, -0.15) is 11.8 Å². The van der Waals surface area contributed by atoms with Crippen LogP contribution in [0, 0.1) is 0 Å². The van der Waals surface area contributed by atoms with E-state index in [9.17, 15) is 4.79 Å². The fraction of sp³-hybridized carbons (Fsp3) is 0.267. The van der Waals surface area contributed by atoms with Crippen molar-refractivity contribution < 1.29 is 9.90 Å². The molecule has 100 valence electrons. The third-order valence-electron chi connectivity index (χ3n) is 2.74. The molecular formula is C15H17NO2S. The van der Waals surface area contributed by atoms with Crippen molar-refractivity contribution in [2.24, 2.45) is 0 Å². The first-order chi connectivity index (χ1) is 9.31. The molecular weight excluding hydrogens is 258 g/mol. The Bertz CT molecular complexity index is 551. The van der Waals surface area contributed by atoms with Crippen LogP contribution >= 0.6 is 11.8 Å². The smallest absolute Gasteiger partial charge is 0.234 e. The van der Waals surface area contributed by atoms with Crippen LogP contribution in [0.15, 0.2) is 42.5 Å². The third kappa shape index (κ3) is 3.98. The van der Waals surface area contributed by atoms with Crippen LogP contribution in [0.4, 0.5) is 5.69 Å². The van der Waals surface area contributed by atoms with E-state index in [1.165, 1.54) is 11.8 Å². The quantitative estimate of drug-likeness (QED) is 0.797. The highest BCUT2D eigenvalue weighted by molar-refractivity contribution is 7.99. The Morgan fingerprint density at radius 3 is 2.79 bits per heavy atom. The topological polar surface area (TPSA) is 49.3 Å². The number of hydrogen-bond acceptors (Lipinski definition) is 3. The van der Waals surface area contributed by atoms with Crippen molar-refractivity contribution >= 4 is 34.1 Å². The number of carbonyl (C=O) groups excluding carboxylic acids is 1. The molecule has 0 aromatic heterocycles. The van der Waals surface area contributed by atoms with E-state index in [0.717, 1.165) is 28.6 Å². The van der Waals surface area contributed by atoms with Gasteiger partial charge in [0.2, 0.25) is 5.91 Å². The Kier molecular flexibility index (Phi) is 5.24. The summed E-state index contributed by atoms with van der Waals surface area (Å²) >= 11 is 1.54. The lowest BCUT2D eigenvalue weighted by Gasteiger charge is -2.08. The molecule has 0 aliphatic carbocycles. The Balaban J connectivity index is 1.99. The van der Waals surface area contributed by atoms with Crippen LogP contribution < -0.4 is 5.32 Å². The van der Waals surface area contributed by atoms with Crippen molar-refractivity contribution in [3.05, 3.63) is 42.5 Å². The summed E-state index contributed by atoms with van der Waals surface area (Å²) < 4.78 is 0. The normalized spacial score (nSPS) is 10.6. The van der Waals surface area contributed by atoms with Gasteiger partial charge >= 0.3 is 0 Å². The predicted molar refractivity (Wildman–Crippen MR) is 81.6 cm³/mol. The van der Waals surface area contributed by atoms with Gasteiger partial charge in [-0.3, -0.25) is 4.79 Å². The number of rotatable bonds is 6. The van der Waals surface area contributed by atoms with Crippen LogP contribution in [0.1, 0.15) is 6.42 Å². The van der Waals surface area contributed by atoms with Gasteiger partial charge < -0.3 is 10.4 Å². The van der Waals surface area contributed by atoms with E-state index in [-0.39, 0.29) is 12.5 Å². The van der Waals surface area contributed by atoms with Crippen molar-refractivity contribution in [3.63, 3.8) is 0 Å². The maximum atomic E-state index is 11.8. The summed E-state index contributed by atoms with van der Waals surface area (Å²) in [6.07, 6.45) is 0.728. The molecule has 0 fully saturated rings. The molecule has 19 heavy (non-hydrogen) atoms. The Morgan fingerprint density at radius 1 is 1.16 bits per heavy atom. The zero-order chi connectivity index (χ0) is 13.5. The fourth-order valence-corrected chi connectivity index (χ4v) is 2.59. The summed E-state index contributed by atoms with van der Waals surface area (Å²) in [6.45, 7) is 0.179. The van der Waals surface area contributed by atoms with Gasteiger partial charge in [0.1, 0.15) is 0 Å². The second kappa shape index (κ2) is 7.16. The molecule has 0 aliphatic heterocycles. The van der Waals surface area contributed by atoms with Gasteiger partial charge in [0.15, 0.2) is 0 Å². The summed E-state index contributed by atoms with van der Waals surface area (Å²) in [5.41, 5.74) is 0.853. The number of fused-ring (bicyclic) bond motifs is 1. The monoisotopic (exact) mass is 275 g/mol. The Morgan fingerprint density at radius 2 is 1.95 bits per heavy atom. The molecule has 1 amide bonds. The van der Waals surface area contributed by atoms with E-state index in [4.69, 9.17) is 5.11 Å². The van der Waals surface area contributed by atoms with Crippen LogP contribution in [0.5, 0.6) is 0 Å². The third-order valence-corrected chi connectivity index (χ3v) is 3.79. The lowest BCUT2D eigenvalue weighted by molar-refractivity contribution is -0.113. The lowest BCUT2D eigenvalue weighted by Crippen LogP contribution is -2.14. The number of anilines is 1. The molecule has 2 N–H and O–H groups in total. The summed E-state index contributed by atoms with van der Waals surface area (Å²) in [7, 11) is 0. The second-order valence-corrected chi connectivity index (χ2v) is 5.31. The number of amides is 1. The number of hydrogen-bond donors (Lipinski definition) is 2. The summed E-state index contributed by atoms with van der Waals surface area (Å²) in [6, 6.07) is 13.9. The zero-order valence-electron chi connectivity index (χ0n) is 10.6. The van der Waals surface area contributed by atoms with Crippen LogP contribution in [0.3, 0.4) is 0 Å². The van der Waals surface area contributed by atoms with E-state index < -0.39 is 0 Å². The number of thioether (sulfide) groups is 1. The number of carbonyl (C=O) groups is 1. The van der Waals surface area contributed by atoms with Crippen LogP contribution in [-0.4, -0.2) is 29.1 Å². The van der Waals surface area contributed by atoms with E-state index in [1.54, 1.807) is 0 Å². The number of aliphatic hydroxyl groups excluding tert-OH is 1. The number of benzene rings is 2. The number of nitrogens with one attached hydrogen (secondary N) is 1. The molecule has 0 heterocycles. The summed E-state index contributed by atoms with van der Waals surface area (Å²) in [5, 5.41) is 13.8. The zero-order valence-corrected chi connectivity index (χ0v) is 11.5. The molecule has 0 spiro atoms. The Hall–Kier alpha value is -1.52. The first-order valence-corrected chi connectivity index (χ1v) is 7.43. The highest BCUT2D eigenvalue weighted by Crippen LogP contribution is 2.23. The van der Waals surface area contributed by atoms with Crippen molar-refractivity contribution in [3.8, 4) is 0 Å². The fourth-order valence-electron chi connectivity index (χ4n) is 1.85. The van der Waals surface area contributed by atoms with Crippen molar-refractivity contribution in [1.82, 2.24) is 0 Å². The predicted octanol–water partition coefficient (Wildman–Crippen LogP) is 2.89. The van der Waals surface area contributed by atoms with Gasteiger partial charge in [-0.05, 0) is 23.6 Å². The summed E-state index contributed by atoms with van der Waals surface area (Å²) in [4.78, 5) is 11.8. The number of aliphatic hydroxyl groups is 1. The molecule has 0 saturated carbocycles. The van der Waals surface area contributed by atoms with Gasteiger partial charge in [0, 0.05) is 17.7 Å². The van der Waals surface area contributed by atoms with Gasteiger partial charge in [0.05, 0.1) is 5.75 Å². The molecule has 2 aromatic carbocycles. The van der Waals surface area contributed by atoms with Crippen LogP contribution in [0.2, 0.25) is 0 Å². The molecule has 0 saturated heterocycles. The molecule has 3 nitrogen and oxygen atoms in total. The first kappa shape index (κ1) is 13.9. The van der Waals surface area contributed by atoms with E-state index in [2.05, 4.69) is 5.32 Å². The summed E-state index contributed by atoms with van der Waals surface area (Å²) in [5.74, 6) is 1.22. The van der Waals surface area contributed by atoms with E-state index in [0.29, 0.717) is 5.75 Å². The molecule has 2 rings (SSSR count). The molecule has 0 atom stereocenters. The van der Waals surface area contributed by atoms with Gasteiger partial charge in [0.25, 0.3) is 0 Å². The van der Waals surface area contributed by atoms with Crippen molar-refractivity contribution in [1.29, 1.82) is 0 Å². The minimum atomic E-state index is -0.000655. The minimum absolute atomic E-state index is 0.000655. The molecule has 4 heteroatoms. The minimum Gasteiger partial charge on any atom is -0.396 e. The lowest BCUT2D eigenvalue weighted by atomic mass is 10.1. The van der Waals surface area contributed by atoms with Crippen LogP contribution in [-0.2, 0) is 4.79 Å². The van der Waals surface area contributed by atoms with Crippen molar-refractivity contribution in [2.75, 3.05) is 23.4 Å². The van der Waals surface area contributed by atoms with Crippen molar-refractivity contribution in [2.45, 2.75) is 6.42 Å². The Labute approximate surface area is 117 Å². The highest BCUT2D eigenvalue weighted by atomic mass is 32.2. The maximum Gasteiger partial charge on any atom is 0.234 e. The van der Waals surface area contributed by atoms with Gasteiger partial charge in [-0.15, -0.1) is 0 Å². The molecule has 0 radical (unpaired) electrons. The van der Waals surface area contributed by atoms with Gasteiger partial charge in [-0.25, -0.2) is 0 Å². The molecule has 2 aromatic rings. The largest absolute Gasteiger partial charge is 0.396 e. The van der Waals surface area contributed by atoms with E-state index in [1.807, 2.05) is 42.5 Å². The molecule has 0 unspecified atom stereocenters. The van der Waals surface area contributed by atoms with Gasteiger partial charge in [-0.1, -0.05) is 36.4 Å². The standard InChI is InChI=1S/C15H17NO2S/c17-9-4-10-19-11-15(18)16-14-8-3-6-12-5-1-2-7-13(12)14/h1-3,5-8,17H,4,9-11H2,(H,16,18).